The third-order valence-corrected chi connectivity index (χ3v) is 5.63. The molecule has 1 aromatic carbocycles. The highest BCUT2D eigenvalue weighted by molar-refractivity contribution is 8.02. The first-order chi connectivity index (χ1) is 13.7. The molecule has 1 aliphatic rings. The molecule has 1 saturated heterocycles. The van der Waals surface area contributed by atoms with Crippen LogP contribution in [0.2, 0.25) is 0 Å². The number of amides is 1. The van der Waals surface area contributed by atoms with Gasteiger partial charge in [0, 0.05) is 50.6 Å². The van der Waals surface area contributed by atoms with E-state index in [2.05, 4.69) is 45.6 Å². The number of hydrogen-bond donors (Lipinski definition) is 0. The molecule has 0 saturated carbocycles. The van der Waals surface area contributed by atoms with Crippen molar-refractivity contribution in [2.75, 3.05) is 31.9 Å². The molecule has 0 N–H and O–H groups in total. The van der Waals surface area contributed by atoms with Crippen LogP contribution >= 0.6 is 11.8 Å². The van der Waals surface area contributed by atoms with Gasteiger partial charge in [-0.25, -0.2) is 0 Å². The van der Waals surface area contributed by atoms with Gasteiger partial charge in [0.1, 0.15) is 0 Å². The van der Waals surface area contributed by atoms with Gasteiger partial charge in [-0.15, -0.1) is 11.8 Å². The van der Waals surface area contributed by atoms with Crippen LogP contribution in [0.3, 0.4) is 0 Å². The van der Waals surface area contributed by atoms with Gasteiger partial charge in [-0.2, -0.15) is 0 Å². The van der Waals surface area contributed by atoms with E-state index in [1.807, 2.05) is 36.1 Å². The van der Waals surface area contributed by atoms with Gasteiger partial charge in [0.25, 0.3) is 0 Å². The monoisotopic (exact) mass is 395 g/mol. The van der Waals surface area contributed by atoms with E-state index in [-0.39, 0.29) is 5.91 Å². The maximum absolute atomic E-state index is 12.6. The summed E-state index contributed by atoms with van der Waals surface area (Å²) in [4.78, 5) is 21.6. The Balaban J connectivity index is 1.38. The Bertz CT molecular complexity index is 778. The lowest BCUT2D eigenvalue weighted by atomic mass is 10.2. The number of aromatic nitrogens is 1. The van der Waals surface area contributed by atoms with E-state index in [1.165, 1.54) is 5.56 Å². The van der Waals surface area contributed by atoms with Crippen molar-refractivity contribution < 1.29 is 4.79 Å². The number of carbonyl (C=O) groups excluding carboxylic acids is 1. The van der Waals surface area contributed by atoms with Crippen LogP contribution in [-0.2, 0) is 11.3 Å². The van der Waals surface area contributed by atoms with Crippen LogP contribution in [0.4, 0.5) is 0 Å². The van der Waals surface area contributed by atoms with E-state index < -0.39 is 0 Å². The predicted octanol–water partition coefficient (Wildman–Crippen LogP) is 4.22. The Morgan fingerprint density at radius 1 is 1.07 bits per heavy atom. The quantitative estimate of drug-likeness (QED) is 0.658. The lowest BCUT2D eigenvalue weighted by Gasteiger charge is -2.22. The Hall–Kier alpha value is -2.11. The molecule has 2 heterocycles. The Kier molecular flexibility index (Phi) is 8.12. The molecular weight excluding hydrogens is 366 g/mol. The van der Waals surface area contributed by atoms with Gasteiger partial charge in [-0.05, 0) is 42.5 Å². The SMILES string of the molecule is Cc1cccc(CN2CCCN(C(=O)CCS/C=C\c3ccccc3)CC2)n1. The molecule has 2 aromatic rings. The largest absolute Gasteiger partial charge is 0.341 e. The summed E-state index contributed by atoms with van der Waals surface area (Å²) in [5, 5.41) is 2.08. The smallest absolute Gasteiger partial charge is 0.223 e. The van der Waals surface area contributed by atoms with Gasteiger partial charge < -0.3 is 4.90 Å². The molecule has 0 unspecified atom stereocenters. The second-order valence-electron chi connectivity index (χ2n) is 7.12. The normalized spacial score (nSPS) is 15.7. The molecule has 1 aliphatic heterocycles. The van der Waals surface area contributed by atoms with Gasteiger partial charge in [-0.3, -0.25) is 14.7 Å². The van der Waals surface area contributed by atoms with E-state index in [1.54, 1.807) is 11.8 Å². The second kappa shape index (κ2) is 11.0. The highest BCUT2D eigenvalue weighted by atomic mass is 32.2. The summed E-state index contributed by atoms with van der Waals surface area (Å²) >= 11 is 1.70. The molecule has 0 bridgehead atoms. The standard InChI is InChI=1S/C23H29N3OS/c1-20-7-5-10-22(24-20)19-25-13-6-14-26(16-15-25)23(27)12-18-28-17-11-21-8-3-2-4-9-21/h2-5,7-11,17H,6,12-16,18-19H2,1H3/b17-11-. The average molecular weight is 396 g/mol. The molecule has 148 valence electrons. The van der Waals surface area contributed by atoms with Crippen molar-refractivity contribution in [2.45, 2.75) is 26.3 Å². The van der Waals surface area contributed by atoms with Crippen LogP contribution in [0.15, 0.2) is 53.9 Å². The van der Waals surface area contributed by atoms with Gasteiger partial charge in [0.05, 0.1) is 5.69 Å². The van der Waals surface area contributed by atoms with Crippen molar-refractivity contribution in [1.82, 2.24) is 14.8 Å². The molecule has 5 heteroatoms. The Morgan fingerprint density at radius 3 is 2.75 bits per heavy atom. The number of benzene rings is 1. The number of carbonyl (C=O) groups is 1. The highest BCUT2D eigenvalue weighted by Crippen LogP contribution is 2.13. The molecule has 3 rings (SSSR count). The van der Waals surface area contributed by atoms with E-state index >= 15 is 0 Å². The van der Waals surface area contributed by atoms with Gasteiger partial charge in [-0.1, -0.05) is 36.4 Å². The number of nitrogens with zero attached hydrogens (tertiary/aromatic N) is 3. The van der Waals surface area contributed by atoms with Crippen molar-refractivity contribution in [2.24, 2.45) is 0 Å². The van der Waals surface area contributed by atoms with Crippen molar-refractivity contribution in [1.29, 1.82) is 0 Å². The molecule has 0 atom stereocenters. The second-order valence-corrected chi connectivity index (χ2v) is 8.13. The molecule has 4 nitrogen and oxygen atoms in total. The molecule has 1 aromatic heterocycles. The first-order valence-corrected chi connectivity index (χ1v) is 11.0. The maximum Gasteiger partial charge on any atom is 0.223 e. The third-order valence-electron chi connectivity index (χ3n) is 4.86. The van der Waals surface area contributed by atoms with Crippen LogP contribution in [0.5, 0.6) is 0 Å². The highest BCUT2D eigenvalue weighted by Gasteiger charge is 2.19. The fourth-order valence-electron chi connectivity index (χ4n) is 3.36. The number of pyridine rings is 1. The Morgan fingerprint density at radius 2 is 1.93 bits per heavy atom. The number of aryl methyl sites for hydroxylation is 1. The van der Waals surface area contributed by atoms with Crippen molar-refractivity contribution in [3.63, 3.8) is 0 Å². The molecule has 28 heavy (non-hydrogen) atoms. The average Bonchev–Trinajstić information content (AvgIpc) is 2.94. The summed E-state index contributed by atoms with van der Waals surface area (Å²) in [7, 11) is 0. The number of hydrogen-bond acceptors (Lipinski definition) is 4. The number of rotatable bonds is 7. The van der Waals surface area contributed by atoms with Crippen molar-refractivity contribution in [3.8, 4) is 0 Å². The minimum absolute atomic E-state index is 0.274. The van der Waals surface area contributed by atoms with Crippen molar-refractivity contribution in [3.05, 3.63) is 70.9 Å². The van der Waals surface area contributed by atoms with E-state index in [0.29, 0.717) is 6.42 Å². The summed E-state index contributed by atoms with van der Waals surface area (Å²) in [6.07, 6.45) is 3.72. The minimum atomic E-state index is 0.274. The van der Waals surface area contributed by atoms with Crippen LogP contribution in [-0.4, -0.2) is 52.6 Å². The van der Waals surface area contributed by atoms with Crippen molar-refractivity contribution >= 4 is 23.7 Å². The topological polar surface area (TPSA) is 36.4 Å². The molecule has 1 fully saturated rings. The molecule has 0 radical (unpaired) electrons. The fourth-order valence-corrected chi connectivity index (χ4v) is 4.04. The molecule has 1 amide bonds. The van der Waals surface area contributed by atoms with Gasteiger partial charge in [0.2, 0.25) is 5.91 Å². The van der Waals surface area contributed by atoms with Crippen LogP contribution in [0.25, 0.3) is 6.08 Å². The summed E-state index contributed by atoms with van der Waals surface area (Å²) in [5.74, 6) is 1.10. The summed E-state index contributed by atoms with van der Waals surface area (Å²) < 4.78 is 0. The lowest BCUT2D eigenvalue weighted by molar-refractivity contribution is -0.130. The summed E-state index contributed by atoms with van der Waals surface area (Å²) in [5.41, 5.74) is 3.36. The van der Waals surface area contributed by atoms with Crippen LogP contribution in [0.1, 0.15) is 29.8 Å². The molecule has 0 aliphatic carbocycles. The predicted molar refractivity (Wildman–Crippen MR) is 118 cm³/mol. The summed E-state index contributed by atoms with van der Waals surface area (Å²) in [6, 6.07) is 16.4. The third kappa shape index (κ3) is 6.80. The van der Waals surface area contributed by atoms with Crippen LogP contribution < -0.4 is 0 Å². The Labute approximate surface area is 172 Å². The number of thioether (sulfide) groups is 1. The zero-order chi connectivity index (χ0) is 19.6. The van der Waals surface area contributed by atoms with E-state index in [0.717, 1.165) is 56.3 Å². The first kappa shape index (κ1) is 20.6. The minimum Gasteiger partial charge on any atom is -0.341 e. The van der Waals surface area contributed by atoms with E-state index in [4.69, 9.17) is 0 Å². The lowest BCUT2D eigenvalue weighted by Crippen LogP contribution is -2.35. The summed E-state index contributed by atoms with van der Waals surface area (Å²) in [6.45, 7) is 6.51. The fraction of sp³-hybridized carbons (Fsp3) is 0.391. The molecular formula is C23H29N3OS. The first-order valence-electron chi connectivity index (χ1n) is 9.96. The van der Waals surface area contributed by atoms with Gasteiger partial charge in [0.15, 0.2) is 0 Å². The molecule has 0 spiro atoms. The van der Waals surface area contributed by atoms with E-state index in [9.17, 15) is 4.79 Å². The maximum atomic E-state index is 12.6. The zero-order valence-corrected chi connectivity index (χ0v) is 17.4. The van der Waals surface area contributed by atoms with Gasteiger partial charge >= 0.3 is 0 Å². The van der Waals surface area contributed by atoms with Crippen LogP contribution in [0, 0.1) is 6.92 Å². The zero-order valence-electron chi connectivity index (χ0n) is 16.6.